The zero-order valence-electron chi connectivity index (χ0n) is 11.0. The van der Waals surface area contributed by atoms with E-state index in [0.717, 1.165) is 11.6 Å². The molecule has 90 valence electrons. The molecule has 1 aromatic heterocycles. The molecular weight excluding hydrogens is 196 g/mol. The molecule has 1 heterocycles. The number of hydrogen-bond acceptors (Lipinski definition) is 2. The summed E-state index contributed by atoms with van der Waals surface area (Å²) in [6.07, 6.45) is 5.58. The van der Waals surface area contributed by atoms with Crippen LogP contribution in [0, 0.1) is 12.8 Å². The van der Waals surface area contributed by atoms with Gasteiger partial charge in [0.05, 0.1) is 0 Å². The van der Waals surface area contributed by atoms with Gasteiger partial charge in [-0.05, 0) is 37.9 Å². The first-order valence-corrected chi connectivity index (χ1v) is 6.31. The lowest BCUT2D eigenvalue weighted by molar-refractivity contribution is 0.384. The van der Waals surface area contributed by atoms with Crippen molar-refractivity contribution in [2.75, 3.05) is 7.05 Å². The Kier molecular flexibility index (Phi) is 5.47. The fourth-order valence-corrected chi connectivity index (χ4v) is 2.22. The Morgan fingerprint density at radius 3 is 2.50 bits per heavy atom. The predicted molar refractivity (Wildman–Crippen MR) is 69.5 cm³/mol. The van der Waals surface area contributed by atoms with Crippen LogP contribution in [0.5, 0.6) is 0 Å². The van der Waals surface area contributed by atoms with E-state index in [1.54, 1.807) is 0 Å². The fourth-order valence-electron chi connectivity index (χ4n) is 2.22. The maximum Gasteiger partial charge on any atom is 0.0420 e. The van der Waals surface area contributed by atoms with Crippen molar-refractivity contribution in [1.82, 2.24) is 10.3 Å². The van der Waals surface area contributed by atoms with Crippen LogP contribution in [0.15, 0.2) is 18.3 Å². The molecule has 1 rings (SSSR count). The van der Waals surface area contributed by atoms with E-state index in [1.165, 1.54) is 24.8 Å². The van der Waals surface area contributed by atoms with Crippen LogP contribution in [-0.4, -0.2) is 12.0 Å². The third-order valence-electron chi connectivity index (χ3n) is 3.50. The van der Waals surface area contributed by atoms with Gasteiger partial charge in [-0.1, -0.05) is 32.8 Å². The summed E-state index contributed by atoms with van der Waals surface area (Å²) in [5.41, 5.74) is 2.49. The molecule has 1 aromatic rings. The molecule has 0 spiro atoms. The SMILES string of the molecule is CCC(CC)CC(NC)c1cccnc1C. The van der Waals surface area contributed by atoms with E-state index in [4.69, 9.17) is 0 Å². The van der Waals surface area contributed by atoms with Gasteiger partial charge in [0.25, 0.3) is 0 Å². The summed E-state index contributed by atoms with van der Waals surface area (Å²) >= 11 is 0. The minimum Gasteiger partial charge on any atom is -0.313 e. The van der Waals surface area contributed by atoms with Crippen LogP contribution in [0.4, 0.5) is 0 Å². The summed E-state index contributed by atoms with van der Waals surface area (Å²) in [5, 5.41) is 3.42. The molecule has 0 aromatic carbocycles. The summed E-state index contributed by atoms with van der Waals surface area (Å²) in [5.74, 6) is 0.803. The summed E-state index contributed by atoms with van der Waals surface area (Å²) in [6, 6.07) is 4.66. The van der Waals surface area contributed by atoms with Crippen LogP contribution in [0.1, 0.15) is 50.4 Å². The summed E-state index contributed by atoms with van der Waals surface area (Å²) in [7, 11) is 2.04. The number of nitrogens with zero attached hydrogens (tertiary/aromatic N) is 1. The van der Waals surface area contributed by atoms with Crippen LogP contribution in [0.2, 0.25) is 0 Å². The Hall–Kier alpha value is -0.890. The normalized spacial score (nSPS) is 13.1. The molecule has 0 saturated carbocycles. The standard InChI is InChI=1S/C14H24N2/c1-5-12(6-2)10-14(15-4)13-8-7-9-16-11(13)3/h7-9,12,14-15H,5-6,10H2,1-4H3. The molecule has 2 nitrogen and oxygen atoms in total. The summed E-state index contributed by atoms with van der Waals surface area (Å²) in [6.45, 7) is 6.64. The van der Waals surface area contributed by atoms with Gasteiger partial charge in [-0.15, -0.1) is 0 Å². The minimum absolute atomic E-state index is 0.443. The zero-order chi connectivity index (χ0) is 12.0. The first-order chi connectivity index (χ1) is 7.72. The molecule has 16 heavy (non-hydrogen) atoms. The smallest absolute Gasteiger partial charge is 0.0420 e. The molecule has 0 aliphatic heterocycles. The predicted octanol–water partition coefficient (Wildman–Crippen LogP) is 3.48. The number of aromatic nitrogens is 1. The highest BCUT2D eigenvalue weighted by Gasteiger charge is 2.16. The van der Waals surface area contributed by atoms with Crippen LogP contribution in [-0.2, 0) is 0 Å². The Labute approximate surface area is 99.5 Å². The van der Waals surface area contributed by atoms with E-state index in [-0.39, 0.29) is 0 Å². The van der Waals surface area contributed by atoms with E-state index in [1.807, 2.05) is 19.3 Å². The molecule has 1 N–H and O–H groups in total. The number of pyridine rings is 1. The van der Waals surface area contributed by atoms with Crippen molar-refractivity contribution in [2.24, 2.45) is 5.92 Å². The largest absolute Gasteiger partial charge is 0.313 e. The van der Waals surface area contributed by atoms with E-state index >= 15 is 0 Å². The molecule has 0 aliphatic rings. The molecule has 2 heteroatoms. The van der Waals surface area contributed by atoms with Gasteiger partial charge in [0.15, 0.2) is 0 Å². The minimum atomic E-state index is 0.443. The maximum atomic E-state index is 4.37. The number of nitrogens with one attached hydrogen (secondary N) is 1. The van der Waals surface area contributed by atoms with Crippen molar-refractivity contribution in [2.45, 2.75) is 46.1 Å². The van der Waals surface area contributed by atoms with Crippen LogP contribution in [0.25, 0.3) is 0 Å². The first-order valence-electron chi connectivity index (χ1n) is 6.31. The van der Waals surface area contributed by atoms with Crippen molar-refractivity contribution in [3.63, 3.8) is 0 Å². The van der Waals surface area contributed by atoms with Gasteiger partial charge in [0.2, 0.25) is 0 Å². The quantitative estimate of drug-likeness (QED) is 0.794. The Balaban J connectivity index is 2.78. The van der Waals surface area contributed by atoms with E-state index in [9.17, 15) is 0 Å². The van der Waals surface area contributed by atoms with Gasteiger partial charge in [0.1, 0.15) is 0 Å². The van der Waals surface area contributed by atoms with Gasteiger partial charge in [0, 0.05) is 17.9 Å². The van der Waals surface area contributed by atoms with Gasteiger partial charge in [-0.2, -0.15) is 0 Å². The van der Waals surface area contributed by atoms with E-state index in [0.29, 0.717) is 6.04 Å². The second-order valence-corrected chi connectivity index (χ2v) is 4.44. The maximum absolute atomic E-state index is 4.37. The molecule has 1 unspecified atom stereocenters. The van der Waals surface area contributed by atoms with Crippen LogP contribution in [0.3, 0.4) is 0 Å². The van der Waals surface area contributed by atoms with E-state index in [2.05, 4.69) is 37.1 Å². The molecule has 0 amide bonds. The van der Waals surface area contributed by atoms with Crippen LogP contribution < -0.4 is 5.32 Å². The lowest BCUT2D eigenvalue weighted by atomic mass is 9.91. The Morgan fingerprint density at radius 2 is 2.00 bits per heavy atom. The highest BCUT2D eigenvalue weighted by molar-refractivity contribution is 5.22. The number of rotatable bonds is 6. The molecule has 0 fully saturated rings. The summed E-state index contributed by atoms with van der Waals surface area (Å²) < 4.78 is 0. The van der Waals surface area contributed by atoms with Crippen molar-refractivity contribution < 1.29 is 0 Å². The monoisotopic (exact) mass is 220 g/mol. The molecule has 0 saturated heterocycles. The van der Waals surface area contributed by atoms with Gasteiger partial charge >= 0.3 is 0 Å². The fraction of sp³-hybridized carbons (Fsp3) is 0.643. The molecule has 0 aliphatic carbocycles. The van der Waals surface area contributed by atoms with Crippen molar-refractivity contribution in [1.29, 1.82) is 0 Å². The molecule has 0 radical (unpaired) electrons. The van der Waals surface area contributed by atoms with Crippen molar-refractivity contribution in [3.05, 3.63) is 29.6 Å². The van der Waals surface area contributed by atoms with Crippen molar-refractivity contribution in [3.8, 4) is 0 Å². The molecule has 1 atom stereocenters. The lowest BCUT2D eigenvalue weighted by Gasteiger charge is -2.22. The molecule has 0 bridgehead atoms. The van der Waals surface area contributed by atoms with Crippen LogP contribution >= 0.6 is 0 Å². The second kappa shape index (κ2) is 6.64. The highest BCUT2D eigenvalue weighted by Crippen LogP contribution is 2.26. The summed E-state index contributed by atoms with van der Waals surface area (Å²) in [4.78, 5) is 4.37. The number of aryl methyl sites for hydroxylation is 1. The second-order valence-electron chi connectivity index (χ2n) is 4.44. The topological polar surface area (TPSA) is 24.9 Å². The first kappa shape index (κ1) is 13.2. The highest BCUT2D eigenvalue weighted by atomic mass is 14.9. The van der Waals surface area contributed by atoms with Gasteiger partial charge in [-0.25, -0.2) is 0 Å². The Morgan fingerprint density at radius 1 is 1.31 bits per heavy atom. The Bertz CT molecular complexity index is 305. The van der Waals surface area contributed by atoms with Crippen molar-refractivity contribution >= 4 is 0 Å². The molecular formula is C14H24N2. The average molecular weight is 220 g/mol. The lowest BCUT2D eigenvalue weighted by Crippen LogP contribution is -2.20. The number of hydrogen-bond donors (Lipinski definition) is 1. The van der Waals surface area contributed by atoms with Gasteiger partial charge in [-0.3, -0.25) is 4.98 Å². The third-order valence-corrected chi connectivity index (χ3v) is 3.50. The third kappa shape index (κ3) is 3.31. The average Bonchev–Trinajstić information content (AvgIpc) is 2.32. The van der Waals surface area contributed by atoms with Gasteiger partial charge < -0.3 is 5.32 Å². The zero-order valence-corrected chi connectivity index (χ0v) is 11.0. The van der Waals surface area contributed by atoms with E-state index < -0.39 is 0 Å².